The molecule has 0 aliphatic heterocycles. The van der Waals surface area contributed by atoms with Crippen LogP contribution in [0.1, 0.15) is 56.8 Å². The van der Waals surface area contributed by atoms with Gasteiger partial charge >= 0.3 is 5.97 Å². The molecule has 0 radical (unpaired) electrons. The van der Waals surface area contributed by atoms with Crippen LogP contribution in [-0.2, 0) is 28.7 Å². The molecule has 212 valence electrons. The Morgan fingerprint density at radius 3 is 2.37 bits per heavy atom. The van der Waals surface area contributed by atoms with Crippen LogP contribution in [0.4, 0.5) is 5.69 Å². The van der Waals surface area contributed by atoms with Crippen LogP contribution in [0.3, 0.4) is 0 Å². The van der Waals surface area contributed by atoms with E-state index in [4.69, 9.17) is 19.9 Å². The van der Waals surface area contributed by atoms with Crippen LogP contribution < -0.4 is 26.4 Å². The Morgan fingerprint density at radius 2 is 1.74 bits per heavy atom. The van der Waals surface area contributed by atoms with Crippen molar-refractivity contribution in [1.29, 1.82) is 0 Å². The van der Waals surface area contributed by atoms with Crippen LogP contribution in [-0.4, -0.2) is 75.5 Å². The van der Waals surface area contributed by atoms with E-state index in [1.165, 1.54) is 39.2 Å². The normalized spacial score (nSPS) is 12.1. The summed E-state index contributed by atoms with van der Waals surface area (Å²) < 4.78 is 15.8. The van der Waals surface area contributed by atoms with Crippen LogP contribution in [0.25, 0.3) is 0 Å². The van der Waals surface area contributed by atoms with Crippen molar-refractivity contribution in [2.24, 2.45) is 11.7 Å². The average Bonchev–Trinajstić information content (AvgIpc) is 2.86. The summed E-state index contributed by atoms with van der Waals surface area (Å²) >= 11 is 0. The topological polar surface area (TPSA) is 175 Å². The number of methoxy groups -OCH3 is 1. The maximum absolute atomic E-state index is 13.2. The molecule has 12 heteroatoms. The number of esters is 1. The van der Waals surface area contributed by atoms with Gasteiger partial charge in [-0.25, -0.2) is 4.79 Å². The SMILES string of the molecule is COC(=O)c1ccc(NC(=O)[C@H](CCCCNC(C)=O)CC(=O)[C@H](C)NC(C)=O)cc1OCCOCCN. The zero-order valence-corrected chi connectivity index (χ0v) is 22.6. The van der Waals surface area contributed by atoms with Crippen LogP contribution in [0.15, 0.2) is 18.2 Å². The van der Waals surface area contributed by atoms with Gasteiger partial charge in [0.05, 0.1) is 26.4 Å². The van der Waals surface area contributed by atoms with Crippen LogP contribution >= 0.6 is 0 Å². The summed E-state index contributed by atoms with van der Waals surface area (Å²) in [7, 11) is 1.25. The summed E-state index contributed by atoms with van der Waals surface area (Å²) in [6.45, 7) is 5.92. The first-order valence-corrected chi connectivity index (χ1v) is 12.6. The van der Waals surface area contributed by atoms with E-state index in [9.17, 15) is 24.0 Å². The van der Waals surface area contributed by atoms with Crippen molar-refractivity contribution in [3.8, 4) is 5.75 Å². The number of benzene rings is 1. The monoisotopic (exact) mass is 536 g/mol. The minimum absolute atomic E-state index is 0.0739. The molecule has 38 heavy (non-hydrogen) atoms. The number of carbonyl (C=O) groups is 5. The van der Waals surface area contributed by atoms with Crippen molar-refractivity contribution >= 4 is 35.2 Å². The van der Waals surface area contributed by atoms with E-state index in [0.29, 0.717) is 44.6 Å². The first-order chi connectivity index (χ1) is 18.1. The number of rotatable bonds is 18. The van der Waals surface area contributed by atoms with E-state index in [-0.39, 0.29) is 48.5 Å². The number of carbonyl (C=O) groups excluding carboxylic acids is 5. The molecule has 1 rings (SSSR count). The standard InChI is InChI=1S/C26H40N4O8/c1-17(29-19(3)32)23(33)15-20(7-5-6-11-28-18(2)31)25(34)30-21-8-9-22(26(35)36-4)24(16-21)38-14-13-37-12-10-27/h8-9,16-17,20H,5-7,10-15,27H2,1-4H3,(H,28,31)(H,29,32)(H,30,34)/t17-,20+/m0/s1. The van der Waals surface area contributed by atoms with Gasteiger partial charge in [-0.3, -0.25) is 19.2 Å². The molecule has 12 nitrogen and oxygen atoms in total. The number of amides is 3. The van der Waals surface area contributed by atoms with Gasteiger partial charge in [-0.1, -0.05) is 6.42 Å². The van der Waals surface area contributed by atoms with Gasteiger partial charge in [-0.15, -0.1) is 0 Å². The van der Waals surface area contributed by atoms with Gasteiger partial charge < -0.3 is 35.9 Å². The van der Waals surface area contributed by atoms with Crippen LogP contribution in [0.5, 0.6) is 5.75 Å². The van der Waals surface area contributed by atoms with E-state index >= 15 is 0 Å². The van der Waals surface area contributed by atoms with Gasteiger partial charge in [0.25, 0.3) is 0 Å². The highest BCUT2D eigenvalue weighted by atomic mass is 16.5. The van der Waals surface area contributed by atoms with E-state index in [0.717, 1.165) is 0 Å². The highest BCUT2D eigenvalue weighted by Gasteiger charge is 2.25. The summed E-state index contributed by atoms with van der Waals surface area (Å²) in [6, 6.07) is 3.78. The lowest BCUT2D eigenvalue weighted by atomic mass is 9.92. The predicted octanol–water partition coefficient (Wildman–Crippen LogP) is 1.17. The molecule has 0 spiro atoms. The summed E-state index contributed by atoms with van der Waals surface area (Å²) in [5, 5.41) is 8.04. The van der Waals surface area contributed by atoms with E-state index < -0.39 is 23.8 Å². The molecule has 1 aromatic rings. The van der Waals surface area contributed by atoms with Crippen molar-refractivity contribution in [2.45, 2.75) is 52.5 Å². The third-order valence-electron chi connectivity index (χ3n) is 5.48. The lowest BCUT2D eigenvalue weighted by molar-refractivity contribution is -0.129. The largest absolute Gasteiger partial charge is 0.490 e. The minimum Gasteiger partial charge on any atom is -0.490 e. The van der Waals surface area contributed by atoms with Crippen LogP contribution in [0, 0.1) is 5.92 Å². The van der Waals surface area contributed by atoms with E-state index in [2.05, 4.69) is 16.0 Å². The lowest BCUT2D eigenvalue weighted by Gasteiger charge is -2.19. The molecule has 0 heterocycles. The number of unbranched alkanes of at least 4 members (excludes halogenated alkanes) is 1. The van der Waals surface area contributed by atoms with Crippen molar-refractivity contribution < 1.29 is 38.2 Å². The predicted molar refractivity (Wildman–Crippen MR) is 141 cm³/mol. The number of ketones is 1. The number of anilines is 1. The summed E-state index contributed by atoms with van der Waals surface area (Å²) in [4.78, 5) is 60.5. The van der Waals surface area contributed by atoms with Gasteiger partial charge in [0, 0.05) is 51.0 Å². The molecule has 0 unspecified atom stereocenters. The van der Waals surface area contributed by atoms with Gasteiger partial charge in [0.2, 0.25) is 17.7 Å². The Balaban J connectivity index is 2.99. The quantitative estimate of drug-likeness (QED) is 0.158. The zero-order chi connectivity index (χ0) is 28.5. The highest BCUT2D eigenvalue weighted by Crippen LogP contribution is 2.26. The second-order valence-corrected chi connectivity index (χ2v) is 8.71. The molecule has 0 aromatic heterocycles. The van der Waals surface area contributed by atoms with E-state index in [1.54, 1.807) is 6.92 Å². The fourth-order valence-electron chi connectivity index (χ4n) is 3.55. The Bertz CT molecular complexity index is 953. The van der Waals surface area contributed by atoms with Crippen molar-refractivity contribution in [3.63, 3.8) is 0 Å². The fraction of sp³-hybridized carbons (Fsp3) is 0.577. The fourth-order valence-corrected chi connectivity index (χ4v) is 3.55. The Labute approximate surface area is 223 Å². The molecule has 0 fully saturated rings. The maximum Gasteiger partial charge on any atom is 0.341 e. The summed E-state index contributed by atoms with van der Waals surface area (Å²) in [5.74, 6) is -2.22. The lowest BCUT2D eigenvalue weighted by Crippen LogP contribution is -2.39. The molecule has 3 amide bonds. The molecule has 0 saturated carbocycles. The van der Waals surface area contributed by atoms with Crippen LogP contribution in [0.2, 0.25) is 0 Å². The third-order valence-corrected chi connectivity index (χ3v) is 5.48. The van der Waals surface area contributed by atoms with E-state index in [1.807, 2.05) is 0 Å². The number of Topliss-reactive ketones (excluding diaryl/α,β-unsaturated/α-hetero) is 1. The summed E-state index contributed by atoms with van der Waals surface area (Å²) in [5.41, 5.74) is 5.94. The Morgan fingerprint density at radius 1 is 1.00 bits per heavy atom. The van der Waals surface area contributed by atoms with Gasteiger partial charge in [0.1, 0.15) is 17.9 Å². The Kier molecular flexibility index (Phi) is 15.3. The number of nitrogens with two attached hydrogens (primary N) is 1. The molecule has 2 atom stereocenters. The zero-order valence-electron chi connectivity index (χ0n) is 22.6. The second kappa shape index (κ2) is 17.9. The second-order valence-electron chi connectivity index (χ2n) is 8.71. The Hall–Kier alpha value is -3.51. The first-order valence-electron chi connectivity index (χ1n) is 12.6. The maximum atomic E-state index is 13.2. The first kappa shape index (κ1) is 32.5. The number of hydrogen-bond donors (Lipinski definition) is 4. The number of ether oxygens (including phenoxy) is 3. The number of nitrogens with one attached hydrogen (secondary N) is 3. The molecule has 1 aromatic carbocycles. The third kappa shape index (κ3) is 12.6. The molecule has 0 saturated heterocycles. The summed E-state index contributed by atoms with van der Waals surface area (Å²) in [6.07, 6.45) is 1.55. The van der Waals surface area contributed by atoms with Crippen molar-refractivity contribution in [1.82, 2.24) is 10.6 Å². The van der Waals surface area contributed by atoms with Gasteiger partial charge in [-0.2, -0.15) is 0 Å². The minimum atomic E-state index is -0.733. The molecule has 5 N–H and O–H groups in total. The smallest absolute Gasteiger partial charge is 0.341 e. The average molecular weight is 537 g/mol. The van der Waals surface area contributed by atoms with Crippen molar-refractivity contribution in [2.75, 3.05) is 45.3 Å². The highest BCUT2D eigenvalue weighted by molar-refractivity contribution is 5.98. The molecule has 0 aliphatic carbocycles. The van der Waals surface area contributed by atoms with Gasteiger partial charge in [0.15, 0.2) is 5.78 Å². The molecular formula is C26H40N4O8. The molecule has 0 bridgehead atoms. The van der Waals surface area contributed by atoms with Gasteiger partial charge in [-0.05, 0) is 31.9 Å². The van der Waals surface area contributed by atoms with Crippen molar-refractivity contribution in [3.05, 3.63) is 23.8 Å². The molecular weight excluding hydrogens is 496 g/mol. The molecule has 0 aliphatic rings. The number of hydrogen-bond acceptors (Lipinski definition) is 9.